The fourth-order valence-electron chi connectivity index (χ4n) is 1.95. The molecule has 5 heteroatoms. The zero-order valence-corrected chi connectivity index (χ0v) is 13.3. The molecule has 0 saturated heterocycles. The van der Waals surface area contributed by atoms with Gasteiger partial charge in [-0.3, -0.25) is 4.79 Å². The van der Waals surface area contributed by atoms with Gasteiger partial charge in [0.2, 0.25) is 5.95 Å². The summed E-state index contributed by atoms with van der Waals surface area (Å²) in [5, 5.41) is 6.00. The van der Waals surface area contributed by atoms with Gasteiger partial charge in [-0.1, -0.05) is 32.0 Å². The van der Waals surface area contributed by atoms with Crippen molar-refractivity contribution in [1.29, 1.82) is 0 Å². The zero-order chi connectivity index (χ0) is 15.9. The predicted molar refractivity (Wildman–Crippen MR) is 89.1 cm³/mol. The lowest BCUT2D eigenvalue weighted by Crippen LogP contribution is -2.16. The number of aromatic nitrogens is 2. The number of nitrogens with zero attached hydrogens (tertiary/aromatic N) is 2. The third-order valence-electron chi connectivity index (χ3n) is 3.12. The molecule has 5 nitrogen and oxygen atoms in total. The second kappa shape index (κ2) is 7.54. The van der Waals surface area contributed by atoms with Gasteiger partial charge in [-0.15, -0.1) is 0 Å². The fraction of sp³-hybridized carbons (Fsp3) is 0.353. The summed E-state index contributed by atoms with van der Waals surface area (Å²) in [6, 6.07) is 11.0. The van der Waals surface area contributed by atoms with Crippen molar-refractivity contribution in [3.8, 4) is 0 Å². The Bertz CT molecular complexity index is 626. The maximum absolute atomic E-state index is 12.3. The number of carbonyl (C=O) groups excluding carboxylic acids is 1. The Labute approximate surface area is 131 Å². The maximum atomic E-state index is 12.3. The average molecular weight is 298 g/mol. The molecule has 0 atom stereocenters. The van der Waals surface area contributed by atoms with Crippen LogP contribution in [0.5, 0.6) is 0 Å². The number of hydrogen-bond acceptors (Lipinski definition) is 4. The number of anilines is 2. The summed E-state index contributed by atoms with van der Waals surface area (Å²) in [5.74, 6) is 0.876. The second-order valence-electron chi connectivity index (χ2n) is 5.65. The van der Waals surface area contributed by atoms with Crippen molar-refractivity contribution in [3.05, 3.63) is 47.8 Å². The molecular formula is C17H22N4O. The second-order valence-corrected chi connectivity index (χ2v) is 5.65. The van der Waals surface area contributed by atoms with Gasteiger partial charge in [0.15, 0.2) is 0 Å². The topological polar surface area (TPSA) is 66.9 Å². The van der Waals surface area contributed by atoms with Crippen molar-refractivity contribution >= 4 is 17.5 Å². The highest BCUT2D eigenvalue weighted by Crippen LogP contribution is 2.10. The van der Waals surface area contributed by atoms with Gasteiger partial charge in [0.25, 0.3) is 5.91 Å². The van der Waals surface area contributed by atoms with E-state index in [1.165, 1.54) is 0 Å². The summed E-state index contributed by atoms with van der Waals surface area (Å²) in [6.45, 7) is 6.98. The minimum Gasteiger partial charge on any atom is -0.354 e. The van der Waals surface area contributed by atoms with E-state index in [1.54, 1.807) is 6.07 Å². The van der Waals surface area contributed by atoms with Crippen molar-refractivity contribution in [2.75, 3.05) is 17.2 Å². The van der Waals surface area contributed by atoms with E-state index in [-0.39, 0.29) is 5.91 Å². The highest BCUT2D eigenvalue weighted by molar-refractivity contribution is 6.03. The molecule has 1 aromatic carbocycles. The Morgan fingerprint density at radius 2 is 1.91 bits per heavy atom. The third-order valence-corrected chi connectivity index (χ3v) is 3.12. The number of carbonyl (C=O) groups is 1. The smallest absolute Gasteiger partial charge is 0.274 e. The van der Waals surface area contributed by atoms with Crippen LogP contribution in [0.15, 0.2) is 36.4 Å². The van der Waals surface area contributed by atoms with Crippen molar-refractivity contribution in [2.45, 2.75) is 27.2 Å². The largest absolute Gasteiger partial charge is 0.354 e. The van der Waals surface area contributed by atoms with Gasteiger partial charge in [0, 0.05) is 17.9 Å². The van der Waals surface area contributed by atoms with Crippen LogP contribution in [0.2, 0.25) is 0 Å². The van der Waals surface area contributed by atoms with Gasteiger partial charge >= 0.3 is 0 Å². The van der Waals surface area contributed by atoms with E-state index in [0.717, 1.165) is 24.3 Å². The van der Waals surface area contributed by atoms with Crippen LogP contribution in [-0.4, -0.2) is 22.4 Å². The summed E-state index contributed by atoms with van der Waals surface area (Å²) < 4.78 is 0. The number of hydrogen-bond donors (Lipinski definition) is 2. The molecule has 22 heavy (non-hydrogen) atoms. The molecular weight excluding hydrogens is 276 g/mol. The molecule has 0 aliphatic carbocycles. The molecule has 1 heterocycles. The van der Waals surface area contributed by atoms with E-state index in [1.807, 2.05) is 37.3 Å². The Morgan fingerprint density at radius 3 is 2.59 bits per heavy atom. The molecule has 1 aromatic heterocycles. The molecule has 0 aliphatic rings. The van der Waals surface area contributed by atoms with Crippen molar-refractivity contribution < 1.29 is 4.79 Å². The molecule has 0 radical (unpaired) electrons. The maximum Gasteiger partial charge on any atom is 0.274 e. The van der Waals surface area contributed by atoms with E-state index in [0.29, 0.717) is 17.6 Å². The quantitative estimate of drug-likeness (QED) is 0.856. The van der Waals surface area contributed by atoms with Crippen molar-refractivity contribution in [3.63, 3.8) is 0 Å². The minimum absolute atomic E-state index is 0.233. The van der Waals surface area contributed by atoms with Crippen molar-refractivity contribution in [2.24, 2.45) is 5.92 Å². The first kappa shape index (κ1) is 15.9. The standard InChI is InChI=1S/C17H22N4O/c1-12(2)9-10-18-17-19-13(3)11-15(21-17)16(22)20-14-7-5-4-6-8-14/h4-8,11-12H,9-10H2,1-3H3,(H,20,22)(H,18,19,21). The van der Waals surface area contributed by atoms with E-state index >= 15 is 0 Å². The molecule has 2 N–H and O–H groups in total. The van der Waals surface area contributed by atoms with Gasteiger partial charge in [-0.2, -0.15) is 0 Å². The van der Waals surface area contributed by atoms with Crippen LogP contribution in [0, 0.1) is 12.8 Å². The molecule has 0 saturated carbocycles. The fourth-order valence-corrected chi connectivity index (χ4v) is 1.95. The third kappa shape index (κ3) is 4.84. The summed E-state index contributed by atoms with van der Waals surface area (Å²) in [7, 11) is 0. The number of rotatable bonds is 6. The SMILES string of the molecule is Cc1cc(C(=O)Nc2ccccc2)nc(NCCC(C)C)n1. The number of para-hydroxylation sites is 1. The lowest BCUT2D eigenvalue weighted by atomic mass is 10.1. The number of nitrogens with one attached hydrogen (secondary N) is 2. The first-order valence-electron chi connectivity index (χ1n) is 7.50. The molecule has 0 spiro atoms. The normalized spacial score (nSPS) is 10.5. The Kier molecular flexibility index (Phi) is 5.47. The van der Waals surface area contributed by atoms with Crippen LogP contribution < -0.4 is 10.6 Å². The first-order valence-corrected chi connectivity index (χ1v) is 7.50. The zero-order valence-electron chi connectivity index (χ0n) is 13.3. The van der Waals surface area contributed by atoms with Crippen molar-refractivity contribution in [1.82, 2.24) is 9.97 Å². The molecule has 0 fully saturated rings. The van der Waals surface area contributed by atoms with Crippen LogP contribution in [0.1, 0.15) is 36.5 Å². The summed E-state index contributed by atoms with van der Waals surface area (Å²) >= 11 is 0. The molecule has 0 aliphatic heterocycles. The average Bonchev–Trinajstić information content (AvgIpc) is 2.47. The summed E-state index contributed by atoms with van der Waals surface area (Å²) in [4.78, 5) is 20.9. The highest BCUT2D eigenvalue weighted by Gasteiger charge is 2.11. The molecule has 1 amide bonds. The first-order chi connectivity index (χ1) is 10.5. The monoisotopic (exact) mass is 298 g/mol. The minimum atomic E-state index is -0.233. The predicted octanol–water partition coefficient (Wildman–Crippen LogP) is 3.50. The van der Waals surface area contributed by atoms with E-state index in [4.69, 9.17) is 0 Å². The number of amides is 1. The van der Waals surface area contributed by atoms with Gasteiger partial charge in [-0.25, -0.2) is 9.97 Å². The van der Waals surface area contributed by atoms with E-state index in [2.05, 4.69) is 34.4 Å². The lowest BCUT2D eigenvalue weighted by molar-refractivity contribution is 0.102. The van der Waals surface area contributed by atoms with Gasteiger partial charge in [0.1, 0.15) is 5.69 Å². The number of benzene rings is 1. The van der Waals surface area contributed by atoms with Gasteiger partial charge < -0.3 is 10.6 Å². The molecule has 0 bridgehead atoms. The summed E-state index contributed by atoms with van der Waals surface area (Å²) in [5.41, 5.74) is 1.88. The highest BCUT2D eigenvalue weighted by atomic mass is 16.1. The van der Waals surface area contributed by atoms with Gasteiger partial charge in [0.05, 0.1) is 0 Å². The summed E-state index contributed by atoms with van der Waals surface area (Å²) in [6.07, 6.45) is 1.03. The van der Waals surface area contributed by atoms with E-state index in [9.17, 15) is 4.79 Å². The molecule has 0 unspecified atom stereocenters. The Balaban J connectivity index is 2.06. The van der Waals surface area contributed by atoms with Crippen LogP contribution >= 0.6 is 0 Å². The Hall–Kier alpha value is -2.43. The van der Waals surface area contributed by atoms with Crippen LogP contribution in [-0.2, 0) is 0 Å². The van der Waals surface area contributed by atoms with Crippen LogP contribution in [0.25, 0.3) is 0 Å². The molecule has 116 valence electrons. The van der Waals surface area contributed by atoms with Crippen LogP contribution in [0.3, 0.4) is 0 Å². The molecule has 2 rings (SSSR count). The van der Waals surface area contributed by atoms with Gasteiger partial charge in [-0.05, 0) is 37.5 Å². The Morgan fingerprint density at radius 1 is 1.18 bits per heavy atom. The van der Waals surface area contributed by atoms with E-state index < -0.39 is 0 Å². The lowest BCUT2D eigenvalue weighted by Gasteiger charge is -2.09. The number of aryl methyl sites for hydroxylation is 1. The molecule has 2 aromatic rings. The van der Waals surface area contributed by atoms with Crippen LogP contribution in [0.4, 0.5) is 11.6 Å².